The molecule has 0 spiro atoms. The quantitative estimate of drug-likeness (QED) is 0.756. The zero-order valence-corrected chi connectivity index (χ0v) is 10.5. The third-order valence-corrected chi connectivity index (χ3v) is 3.33. The van der Waals surface area contributed by atoms with Gasteiger partial charge in [-0.25, -0.2) is 4.79 Å². The molecule has 0 aliphatic carbocycles. The van der Waals surface area contributed by atoms with E-state index >= 15 is 0 Å². The molecule has 19 heavy (non-hydrogen) atoms. The zero-order chi connectivity index (χ0) is 13.4. The highest BCUT2D eigenvalue weighted by Gasteiger charge is 2.06. The van der Waals surface area contributed by atoms with Crippen LogP contribution in [0, 0.1) is 0 Å². The third-order valence-electron chi connectivity index (χ3n) is 3.33. The van der Waals surface area contributed by atoms with E-state index in [-0.39, 0.29) is 0 Å². The first-order valence-electron chi connectivity index (χ1n) is 6.04. The summed E-state index contributed by atoms with van der Waals surface area (Å²) in [6, 6.07) is 15.2. The maximum atomic E-state index is 11.0. The number of carbonyl (C=O) groups is 1. The molecule has 1 aromatic heterocycles. The van der Waals surface area contributed by atoms with Gasteiger partial charge >= 0.3 is 5.97 Å². The van der Waals surface area contributed by atoms with Gasteiger partial charge in [-0.3, -0.25) is 0 Å². The molecule has 0 radical (unpaired) electrons. The molecule has 0 bridgehead atoms. The van der Waals surface area contributed by atoms with E-state index < -0.39 is 5.97 Å². The zero-order valence-electron chi connectivity index (χ0n) is 10.5. The van der Waals surface area contributed by atoms with Crippen LogP contribution in [-0.4, -0.2) is 15.6 Å². The number of hydrogen-bond donors (Lipinski definition) is 1. The number of hydrogen-bond acceptors (Lipinski definition) is 1. The van der Waals surface area contributed by atoms with E-state index in [1.165, 1.54) is 0 Å². The molecule has 0 saturated carbocycles. The monoisotopic (exact) mass is 251 g/mol. The highest BCUT2D eigenvalue weighted by Crippen LogP contribution is 2.25. The van der Waals surface area contributed by atoms with Crippen LogP contribution in [0.1, 0.15) is 10.4 Å². The summed E-state index contributed by atoms with van der Waals surface area (Å²) in [6.45, 7) is 0. The van der Waals surface area contributed by atoms with Crippen molar-refractivity contribution >= 4 is 16.9 Å². The summed E-state index contributed by atoms with van der Waals surface area (Å²) in [5, 5.41) is 10.2. The fraction of sp³-hybridized carbons (Fsp3) is 0.0625. The lowest BCUT2D eigenvalue weighted by Gasteiger charge is -2.04. The van der Waals surface area contributed by atoms with Gasteiger partial charge in [0.25, 0.3) is 0 Å². The van der Waals surface area contributed by atoms with Gasteiger partial charge in [0.15, 0.2) is 0 Å². The Balaban J connectivity index is 2.13. The number of benzene rings is 2. The van der Waals surface area contributed by atoms with Gasteiger partial charge in [-0.1, -0.05) is 18.2 Å². The number of nitrogens with zero attached hydrogens (tertiary/aromatic N) is 1. The summed E-state index contributed by atoms with van der Waals surface area (Å²) in [5.74, 6) is -0.900. The first-order chi connectivity index (χ1) is 9.15. The van der Waals surface area contributed by atoms with Gasteiger partial charge in [0.1, 0.15) is 0 Å². The topological polar surface area (TPSA) is 42.2 Å². The highest BCUT2D eigenvalue weighted by molar-refractivity contribution is 5.90. The summed E-state index contributed by atoms with van der Waals surface area (Å²) >= 11 is 0. The number of rotatable bonds is 2. The maximum Gasteiger partial charge on any atom is 0.335 e. The van der Waals surface area contributed by atoms with E-state index in [0.717, 1.165) is 22.0 Å². The minimum Gasteiger partial charge on any atom is -0.478 e. The van der Waals surface area contributed by atoms with Crippen molar-refractivity contribution in [1.82, 2.24) is 4.57 Å². The fourth-order valence-corrected chi connectivity index (χ4v) is 2.29. The minimum absolute atomic E-state index is 0.311. The van der Waals surface area contributed by atoms with Gasteiger partial charge in [-0.15, -0.1) is 0 Å². The van der Waals surface area contributed by atoms with E-state index in [9.17, 15) is 4.79 Å². The Hall–Kier alpha value is -2.55. The molecule has 3 rings (SSSR count). The average Bonchev–Trinajstić information content (AvgIpc) is 2.80. The first-order valence-corrected chi connectivity index (χ1v) is 6.04. The molecular formula is C16H13NO2. The van der Waals surface area contributed by atoms with Crippen LogP contribution in [-0.2, 0) is 7.05 Å². The van der Waals surface area contributed by atoms with Crippen molar-refractivity contribution in [3.8, 4) is 11.1 Å². The summed E-state index contributed by atoms with van der Waals surface area (Å²) in [6.07, 6.45) is 2.02. The lowest BCUT2D eigenvalue weighted by molar-refractivity contribution is 0.0697. The Morgan fingerprint density at radius 2 is 1.84 bits per heavy atom. The lowest BCUT2D eigenvalue weighted by atomic mass is 10.0. The molecule has 3 heteroatoms. The summed E-state index contributed by atoms with van der Waals surface area (Å²) < 4.78 is 2.06. The van der Waals surface area contributed by atoms with Gasteiger partial charge in [0, 0.05) is 24.1 Å². The van der Waals surface area contributed by atoms with Gasteiger partial charge in [-0.2, -0.15) is 0 Å². The summed E-state index contributed by atoms with van der Waals surface area (Å²) in [7, 11) is 2.01. The molecule has 1 heterocycles. The molecule has 0 amide bonds. The standard InChI is InChI=1S/C16H13NO2/c1-17-8-7-13-9-12(5-6-15(13)17)11-3-2-4-14(10-11)16(18)19/h2-10H,1H3,(H,18,19). The molecule has 94 valence electrons. The van der Waals surface area contributed by atoms with E-state index in [2.05, 4.69) is 22.8 Å². The third kappa shape index (κ3) is 1.99. The van der Waals surface area contributed by atoms with Gasteiger partial charge < -0.3 is 9.67 Å². The maximum absolute atomic E-state index is 11.0. The van der Waals surface area contributed by atoms with Gasteiger partial charge in [0.2, 0.25) is 0 Å². The van der Waals surface area contributed by atoms with Crippen molar-refractivity contribution < 1.29 is 9.90 Å². The van der Waals surface area contributed by atoms with Crippen LogP contribution in [0.3, 0.4) is 0 Å². The van der Waals surface area contributed by atoms with E-state index in [4.69, 9.17) is 5.11 Å². The van der Waals surface area contributed by atoms with Crippen LogP contribution >= 0.6 is 0 Å². The Morgan fingerprint density at radius 3 is 2.63 bits per heavy atom. The Labute approximate surface area is 110 Å². The van der Waals surface area contributed by atoms with Crippen molar-refractivity contribution in [1.29, 1.82) is 0 Å². The van der Waals surface area contributed by atoms with Crippen molar-refractivity contribution in [2.75, 3.05) is 0 Å². The molecule has 0 aliphatic heterocycles. The van der Waals surface area contributed by atoms with Crippen LogP contribution in [0.4, 0.5) is 0 Å². The molecule has 0 aliphatic rings. The van der Waals surface area contributed by atoms with E-state index in [1.807, 2.05) is 25.4 Å². The molecule has 0 unspecified atom stereocenters. The van der Waals surface area contributed by atoms with Crippen molar-refractivity contribution in [2.45, 2.75) is 0 Å². The van der Waals surface area contributed by atoms with Gasteiger partial charge in [0.05, 0.1) is 5.56 Å². The molecule has 2 aromatic carbocycles. The van der Waals surface area contributed by atoms with E-state index in [1.54, 1.807) is 18.2 Å². The second kappa shape index (κ2) is 4.28. The molecule has 3 nitrogen and oxygen atoms in total. The molecule has 0 fully saturated rings. The predicted molar refractivity (Wildman–Crippen MR) is 75.3 cm³/mol. The fourth-order valence-electron chi connectivity index (χ4n) is 2.29. The normalized spacial score (nSPS) is 10.8. The van der Waals surface area contributed by atoms with Crippen LogP contribution in [0.15, 0.2) is 54.7 Å². The van der Waals surface area contributed by atoms with Crippen LogP contribution < -0.4 is 0 Å². The van der Waals surface area contributed by atoms with Crippen LogP contribution in [0.5, 0.6) is 0 Å². The first kappa shape index (κ1) is 11.5. The molecular weight excluding hydrogens is 238 g/mol. The number of aryl methyl sites for hydroxylation is 1. The SMILES string of the molecule is Cn1ccc2cc(-c3cccc(C(=O)O)c3)ccc21. The number of carboxylic acids is 1. The predicted octanol–water partition coefficient (Wildman–Crippen LogP) is 3.54. The summed E-state index contributed by atoms with van der Waals surface area (Å²) in [4.78, 5) is 11.0. The molecule has 1 N–H and O–H groups in total. The van der Waals surface area contributed by atoms with Crippen molar-refractivity contribution in [3.05, 3.63) is 60.3 Å². The average molecular weight is 251 g/mol. The van der Waals surface area contributed by atoms with Gasteiger partial charge in [-0.05, 0) is 41.5 Å². The Bertz CT molecular complexity index is 771. The molecule has 3 aromatic rings. The van der Waals surface area contributed by atoms with Crippen molar-refractivity contribution in [3.63, 3.8) is 0 Å². The minimum atomic E-state index is -0.900. The molecule has 0 saturated heterocycles. The number of aromatic nitrogens is 1. The highest BCUT2D eigenvalue weighted by atomic mass is 16.4. The number of aromatic carboxylic acids is 1. The second-order valence-corrected chi connectivity index (χ2v) is 4.59. The largest absolute Gasteiger partial charge is 0.478 e. The van der Waals surface area contributed by atoms with Crippen LogP contribution in [0.25, 0.3) is 22.0 Å². The second-order valence-electron chi connectivity index (χ2n) is 4.59. The summed E-state index contributed by atoms with van der Waals surface area (Å²) in [5.41, 5.74) is 3.43. The van der Waals surface area contributed by atoms with Crippen LogP contribution in [0.2, 0.25) is 0 Å². The Kier molecular flexibility index (Phi) is 2.60. The van der Waals surface area contributed by atoms with Crippen molar-refractivity contribution in [2.24, 2.45) is 7.05 Å². The van der Waals surface area contributed by atoms with E-state index in [0.29, 0.717) is 5.56 Å². The number of fused-ring (bicyclic) bond motifs is 1. The molecule has 0 atom stereocenters. The number of carboxylic acid groups (broad SMARTS) is 1. The smallest absolute Gasteiger partial charge is 0.335 e. The Morgan fingerprint density at radius 1 is 1.05 bits per heavy atom. The lowest BCUT2D eigenvalue weighted by Crippen LogP contribution is -1.95.